The van der Waals surface area contributed by atoms with Crippen LogP contribution in [0.1, 0.15) is 16.1 Å². The molecule has 0 unspecified atom stereocenters. The topological polar surface area (TPSA) is 82.8 Å². The van der Waals surface area contributed by atoms with E-state index in [0.717, 1.165) is 10.3 Å². The Bertz CT molecular complexity index is 1220. The third-order valence-electron chi connectivity index (χ3n) is 4.47. The number of carbonyl (C=O) groups is 1. The maximum atomic E-state index is 12.9. The fourth-order valence-electron chi connectivity index (χ4n) is 3.02. The second kappa shape index (κ2) is 9.11. The highest BCUT2D eigenvalue weighted by atomic mass is 32.1. The highest BCUT2D eigenvalue weighted by molar-refractivity contribution is 7.80. The van der Waals surface area contributed by atoms with Gasteiger partial charge in [-0.3, -0.25) is 4.79 Å². The van der Waals surface area contributed by atoms with Gasteiger partial charge in [-0.15, -0.1) is 12.6 Å². The lowest BCUT2D eigenvalue weighted by Crippen LogP contribution is -2.13. The zero-order valence-corrected chi connectivity index (χ0v) is 17.8. The standard InChI is InChI=1S/C23H20N2O5S/c1-27-13-17-11-19-20(29-15-3-5-18(31)6-4-15)9-14(10-21(19)30-17)23(26)25-22-12-16(28-2)7-8-24-22/h3-12,31H,13H2,1-2H3,(H,24,25,26). The van der Waals surface area contributed by atoms with Crippen LogP contribution in [0.5, 0.6) is 17.2 Å². The highest BCUT2D eigenvalue weighted by Crippen LogP contribution is 2.34. The van der Waals surface area contributed by atoms with Crippen LogP contribution < -0.4 is 14.8 Å². The zero-order chi connectivity index (χ0) is 21.8. The van der Waals surface area contributed by atoms with Gasteiger partial charge in [-0.2, -0.15) is 0 Å². The van der Waals surface area contributed by atoms with Gasteiger partial charge in [0.1, 0.15) is 41.0 Å². The molecule has 4 aromatic rings. The number of furan rings is 1. The molecule has 7 nitrogen and oxygen atoms in total. The van der Waals surface area contributed by atoms with Crippen molar-refractivity contribution in [3.63, 3.8) is 0 Å². The van der Waals surface area contributed by atoms with Crippen molar-refractivity contribution in [2.24, 2.45) is 0 Å². The summed E-state index contributed by atoms with van der Waals surface area (Å²) in [5.74, 6) is 2.33. The molecule has 0 aliphatic carbocycles. The number of hydrogen-bond donors (Lipinski definition) is 2. The molecule has 0 bridgehead atoms. The van der Waals surface area contributed by atoms with E-state index in [1.807, 2.05) is 18.2 Å². The lowest BCUT2D eigenvalue weighted by atomic mass is 10.1. The normalized spacial score (nSPS) is 10.8. The summed E-state index contributed by atoms with van der Waals surface area (Å²) in [7, 11) is 3.14. The molecule has 0 atom stereocenters. The van der Waals surface area contributed by atoms with Gasteiger partial charge < -0.3 is 23.9 Å². The number of nitrogens with zero attached hydrogens (tertiary/aromatic N) is 1. The average Bonchev–Trinajstić information content (AvgIpc) is 3.18. The molecule has 158 valence electrons. The summed E-state index contributed by atoms with van der Waals surface area (Å²) in [5.41, 5.74) is 0.871. The Morgan fingerprint density at radius 1 is 1.06 bits per heavy atom. The van der Waals surface area contributed by atoms with Crippen molar-refractivity contribution in [2.75, 3.05) is 19.5 Å². The van der Waals surface area contributed by atoms with Crippen molar-refractivity contribution in [1.82, 2.24) is 4.98 Å². The van der Waals surface area contributed by atoms with Gasteiger partial charge in [-0.25, -0.2) is 4.98 Å². The first kappa shape index (κ1) is 20.8. The van der Waals surface area contributed by atoms with Crippen molar-refractivity contribution < 1.29 is 23.4 Å². The number of fused-ring (bicyclic) bond motifs is 1. The molecule has 0 saturated carbocycles. The molecule has 0 radical (unpaired) electrons. The van der Waals surface area contributed by atoms with E-state index in [4.69, 9.17) is 18.6 Å². The molecule has 0 spiro atoms. The van der Waals surface area contributed by atoms with E-state index in [1.54, 1.807) is 56.8 Å². The summed E-state index contributed by atoms with van der Waals surface area (Å²) in [6, 6.07) is 15.8. The smallest absolute Gasteiger partial charge is 0.257 e. The predicted octanol–water partition coefficient (Wildman–Crippen LogP) is 5.32. The number of nitrogens with one attached hydrogen (secondary N) is 1. The first-order valence-corrected chi connectivity index (χ1v) is 9.84. The van der Waals surface area contributed by atoms with Crippen LogP contribution in [0.2, 0.25) is 0 Å². The number of anilines is 1. The Kier molecular flexibility index (Phi) is 6.11. The lowest BCUT2D eigenvalue weighted by molar-refractivity contribution is 0.102. The number of rotatable bonds is 7. The van der Waals surface area contributed by atoms with E-state index in [1.165, 1.54) is 0 Å². The van der Waals surface area contributed by atoms with E-state index in [-0.39, 0.29) is 5.91 Å². The SMILES string of the molecule is COCc1cc2c(Oc3ccc(S)cc3)cc(C(=O)Nc3cc(OC)ccn3)cc2o1. The number of hydrogen-bond acceptors (Lipinski definition) is 7. The molecule has 2 aromatic carbocycles. The van der Waals surface area contributed by atoms with Gasteiger partial charge in [-0.1, -0.05) is 0 Å². The highest BCUT2D eigenvalue weighted by Gasteiger charge is 2.17. The monoisotopic (exact) mass is 436 g/mol. The number of pyridine rings is 1. The average molecular weight is 436 g/mol. The molecule has 1 amide bonds. The molecule has 31 heavy (non-hydrogen) atoms. The van der Waals surface area contributed by atoms with Gasteiger partial charge in [0, 0.05) is 29.8 Å². The van der Waals surface area contributed by atoms with E-state index in [2.05, 4.69) is 22.9 Å². The Morgan fingerprint density at radius 2 is 1.87 bits per heavy atom. The molecule has 0 aliphatic rings. The molecular formula is C23H20N2O5S. The molecule has 1 N–H and O–H groups in total. The predicted molar refractivity (Wildman–Crippen MR) is 119 cm³/mol. The zero-order valence-electron chi connectivity index (χ0n) is 16.9. The molecule has 8 heteroatoms. The summed E-state index contributed by atoms with van der Waals surface area (Å²) in [6.07, 6.45) is 1.56. The minimum absolute atomic E-state index is 0.303. The van der Waals surface area contributed by atoms with Crippen molar-refractivity contribution in [3.05, 3.63) is 72.1 Å². The summed E-state index contributed by atoms with van der Waals surface area (Å²) in [6.45, 7) is 0.303. The summed E-state index contributed by atoms with van der Waals surface area (Å²) >= 11 is 4.30. The quantitative estimate of drug-likeness (QED) is 0.382. The number of ether oxygens (including phenoxy) is 3. The van der Waals surface area contributed by atoms with E-state index in [0.29, 0.717) is 46.6 Å². The number of thiol groups is 1. The number of methoxy groups -OCH3 is 2. The van der Waals surface area contributed by atoms with Crippen LogP contribution in [0, 0.1) is 0 Å². The molecule has 0 aliphatic heterocycles. The van der Waals surface area contributed by atoms with Crippen molar-refractivity contribution >= 4 is 35.3 Å². The van der Waals surface area contributed by atoms with Crippen LogP contribution in [0.4, 0.5) is 5.82 Å². The minimum Gasteiger partial charge on any atom is -0.497 e. The van der Waals surface area contributed by atoms with E-state index < -0.39 is 0 Å². The Balaban J connectivity index is 1.70. The summed E-state index contributed by atoms with van der Waals surface area (Å²) < 4.78 is 22.3. The first-order chi connectivity index (χ1) is 15.1. The van der Waals surface area contributed by atoms with Crippen molar-refractivity contribution in [2.45, 2.75) is 11.5 Å². The van der Waals surface area contributed by atoms with Gasteiger partial charge >= 0.3 is 0 Å². The van der Waals surface area contributed by atoms with Gasteiger partial charge in [0.05, 0.1) is 12.5 Å². The maximum Gasteiger partial charge on any atom is 0.257 e. The number of carbonyl (C=O) groups excluding carboxylic acids is 1. The Hall–Kier alpha value is -3.49. The molecule has 4 rings (SSSR count). The second-order valence-electron chi connectivity index (χ2n) is 6.66. The summed E-state index contributed by atoms with van der Waals surface area (Å²) in [4.78, 5) is 17.9. The third-order valence-corrected chi connectivity index (χ3v) is 4.77. The first-order valence-electron chi connectivity index (χ1n) is 9.39. The van der Waals surface area contributed by atoms with Gasteiger partial charge in [0.15, 0.2) is 0 Å². The summed E-state index contributed by atoms with van der Waals surface area (Å²) in [5, 5.41) is 3.50. The van der Waals surface area contributed by atoms with E-state index >= 15 is 0 Å². The molecule has 2 heterocycles. The lowest BCUT2D eigenvalue weighted by Gasteiger charge is -2.10. The van der Waals surface area contributed by atoms with Crippen LogP contribution in [0.3, 0.4) is 0 Å². The fraction of sp³-hybridized carbons (Fsp3) is 0.130. The van der Waals surface area contributed by atoms with Crippen LogP contribution in [0.25, 0.3) is 11.0 Å². The second-order valence-corrected chi connectivity index (χ2v) is 7.18. The largest absolute Gasteiger partial charge is 0.497 e. The Morgan fingerprint density at radius 3 is 2.61 bits per heavy atom. The van der Waals surface area contributed by atoms with Crippen molar-refractivity contribution in [3.8, 4) is 17.2 Å². The molecule has 0 saturated heterocycles. The van der Waals surface area contributed by atoms with Crippen LogP contribution >= 0.6 is 12.6 Å². The van der Waals surface area contributed by atoms with Gasteiger partial charge in [0.25, 0.3) is 5.91 Å². The van der Waals surface area contributed by atoms with Gasteiger partial charge in [-0.05, 0) is 48.5 Å². The molecule has 2 aromatic heterocycles. The van der Waals surface area contributed by atoms with Crippen molar-refractivity contribution in [1.29, 1.82) is 0 Å². The van der Waals surface area contributed by atoms with E-state index in [9.17, 15) is 4.79 Å². The molecule has 0 fully saturated rings. The number of benzene rings is 2. The maximum absolute atomic E-state index is 12.9. The van der Waals surface area contributed by atoms with Crippen LogP contribution in [-0.2, 0) is 11.3 Å². The number of aromatic nitrogens is 1. The third kappa shape index (κ3) is 4.82. The molecular weight excluding hydrogens is 416 g/mol. The van der Waals surface area contributed by atoms with Crippen LogP contribution in [0.15, 0.2) is 70.1 Å². The van der Waals surface area contributed by atoms with Crippen LogP contribution in [-0.4, -0.2) is 25.1 Å². The minimum atomic E-state index is -0.358. The Labute approximate surface area is 184 Å². The fourth-order valence-corrected chi connectivity index (χ4v) is 3.17. The van der Waals surface area contributed by atoms with Gasteiger partial charge in [0.2, 0.25) is 0 Å². The number of amides is 1.